The van der Waals surface area contributed by atoms with E-state index in [4.69, 9.17) is 0 Å². The number of benzene rings is 1. The second-order valence-corrected chi connectivity index (χ2v) is 7.27. The second kappa shape index (κ2) is 10.9. The van der Waals surface area contributed by atoms with Gasteiger partial charge in [-0.2, -0.15) is 0 Å². The summed E-state index contributed by atoms with van der Waals surface area (Å²) in [5, 5.41) is 11.5. The van der Waals surface area contributed by atoms with Crippen LogP contribution in [0.25, 0.3) is 0 Å². The minimum atomic E-state index is -0.0502. The minimum Gasteiger partial charge on any atom is -0.357 e. The van der Waals surface area contributed by atoms with Crippen molar-refractivity contribution in [3.05, 3.63) is 56.7 Å². The van der Waals surface area contributed by atoms with Crippen LogP contribution in [0.15, 0.2) is 51.2 Å². The Bertz CT molecular complexity index is 671. The van der Waals surface area contributed by atoms with Gasteiger partial charge < -0.3 is 16.0 Å². The van der Waals surface area contributed by atoms with Crippen LogP contribution >= 0.6 is 27.3 Å². The Balaban J connectivity index is 1.68. The Labute approximate surface area is 161 Å². The van der Waals surface area contributed by atoms with Gasteiger partial charge in [0.2, 0.25) is 0 Å². The van der Waals surface area contributed by atoms with E-state index in [1.165, 1.54) is 4.88 Å². The van der Waals surface area contributed by atoms with E-state index >= 15 is 0 Å². The van der Waals surface area contributed by atoms with E-state index in [0.717, 1.165) is 29.9 Å². The van der Waals surface area contributed by atoms with Crippen molar-refractivity contribution in [2.75, 3.05) is 19.6 Å². The lowest BCUT2D eigenvalue weighted by molar-refractivity contribution is 0.0953. The lowest BCUT2D eigenvalue weighted by Crippen LogP contribution is -2.38. The van der Waals surface area contributed by atoms with Crippen molar-refractivity contribution in [1.29, 1.82) is 0 Å². The maximum absolute atomic E-state index is 12.0. The molecule has 5 nitrogen and oxygen atoms in total. The van der Waals surface area contributed by atoms with Crippen LogP contribution < -0.4 is 16.0 Å². The smallest absolute Gasteiger partial charge is 0.251 e. The predicted molar refractivity (Wildman–Crippen MR) is 108 cm³/mol. The van der Waals surface area contributed by atoms with E-state index in [1.807, 2.05) is 25.1 Å². The van der Waals surface area contributed by atoms with Gasteiger partial charge in [0.1, 0.15) is 0 Å². The van der Waals surface area contributed by atoms with Crippen molar-refractivity contribution in [2.24, 2.45) is 4.99 Å². The normalized spacial score (nSPS) is 11.2. The first kappa shape index (κ1) is 19.5. The third kappa shape index (κ3) is 7.27. The molecule has 0 aliphatic rings. The van der Waals surface area contributed by atoms with Crippen LogP contribution in [0.3, 0.4) is 0 Å². The summed E-state index contributed by atoms with van der Waals surface area (Å²) in [4.78, 5) is 17.8. The predicted octanol–water partition coefficient (Wildman–Crippen LogP) is 3.39. The fourth-order valence-electron chi connectivity index (χ4n) is 2.10. The number of carbonyl (C=O) groups excluding carboxylic acids is 1. The molecule has 1 heterocycles. The lowest BCUT2D eigenvalue weighted by Gasteiger charge is -2.11. The Morgan fingerprint density at radius 1 is 1.12 bits per heavy atom. The molecule has 0 aliphatic heterocycles. The number of nitrogens with one attached hydrogen (secondary N) is 3. The fraction of sp³-hybridized carbons (Fsp3) is 0.333. The minimum absolute atomic E-state index is 0.0502. The average Bonchev–Trinajstić information content (AvgIpc) is 3.13. The maximum Gasteiger partial charge on any atom is 0.251 e. The van der Waals surface area contributed by atoms with Gasteiger partial charge in [-0.1, -0.05) is 22.0 Å². The van der Waals surface area contributed by atoms with Gasteiger partial charge in [-0.25, -0.2) is 4.99 Å². The van der Waals surface area contributed by atoms with Crippen LogP contribution in [-0.4, -0.2) is 31.5 Å². The summed E-state index contributed by atoms with van der Waals surface area (Å²) in [6.45, 7) is 4.90. The van der Waals surface area contributed by atoms with Gasteiger partial charge in [0.25, 0.3) is 5.91 Å². The fourth-order valence-corrected chi connectivity index (χ4v) is 2.99. The Hall–Kier alpha value is -1.86. The summed E-state index contributed by atoms with van der Waals surface area (Å²) in [6.07, 6.45) is 0.825. The largest absolute Gasteiger partial charge is 0.357 e. The van der Waals surface area contributed by atoms with Gasteiger partial charge in [-0.05, 0) is 49.1 Å². The van der Waals surface area contributed by atoms with Crippen molar-refractivity contribution >= 4 is 39.1 Å². The molecule has 1 aromatic heterocycles. The molecule has 7 heteroatoms. The van der Waals surface area contributed by atoms with Gasteiger partial charge in [0.05, 0.1) is 6.54 Å². The highest BCUT2D eigenvalue weighted by molar-refractivity contribution is 9.10. The topological polar surface area (TPSA) is 65.5 Å². The second-order valence-electron chi connectivity index (χ2n) is 5.32. The summed E-state index contributed by atoms with van der Waals surface area (Å²) in [6, 6.07) is 11.4. The van der Waals surface area contributed by atoms with Crippen LogP contribution in [0, 0.1) is 0 Å². The highest BCUT2D eigenvalue weighted by Gasteiger charge is 2.04. The van der Waals surface area contributed by atoms with E-state index in [-0.39, 0.29) is 5.91 Å². The number of aliphatic imine (C=N–C) groups is 1. The first-order valence-corrected chi connectivity index (χ1v) is 9.94. The summed E-state index contributed by atoms with van der Waals surface area (Å²) in [5.41, 5.74) is 0.669. The number of thiophene rings is 1. The summed E-state index contributed by atoms with van der Waals surface area (Å²) in [7, 11) is 0. The molecule has 3 N–H and O–H groups in total. The van der Waals surface area contributed by atoms with E-state index in [1.54, 1.807) is 23.5 Å². The molecular formula is C18H23BrN4OS. The van der Waals surface area contributed by atoms with Gasteiger partial charge in [-0.15, -0.1) is 11.3 Å². The monoisotopic (exact) mass is 422 g/mol. The lowest BCUT2D eigenvalue weighted by atomic mass is 10.2. The standard InChI is InChI=1S/C18H23BrN4OS/c1-2-20-18(23-13-16-5-3-12-25-16)22-11-4-10-21-17(24)14-6-8-15(19)9-7-14/h3,5-9,12H,2,4,10-11,13H2,1H3,(H,21,24)(H2,20,22,23). The molecule has 134 valence electrons. The van der Waals surface area contributed by atoms with Crippen molar-refractivity contribution in [1.82, 2.24) is 16.0 Å². The third-order valence-corrected chi connectivity index (χ3v) is 4.75. The summed E-state index contributed by atoms with van der Waals surface area (Å²) in [5.74, 6) is 0.751. The van der Waals surface area contributed by atoms with Crippen LogP contribution in [0.2, 0.25) is 0 Å². The number of hydrogen-bond donors (Lipinski definition) is 3. The van der Waals surface area contributed by atoms with Crippen LogP contribution in [0.1, 0.15) is 28.6 Å². The molecule has 25 heavy (non-hydrogen) atoms. The molecule has 0 fully saturated rings. The molecule has 0 atom stereocenters. The number of halogens is 1. The molecule has 1 amide bonds. The molecule has 2 rings (SSSR count). The number of hydrogen-bond acceptors (Lipinski definition) is 3. The highest BCUT2D eigenvalue weighted by Crippen LogP contribution is 2.10. The SMILES string of the molecule is CCNC(=NCc1cccs1)NCCCNC(=O)c1ccc(Br)cc1. The first-order valence-electron chi connectivity index (χ1n) is 8.27. The van der Waals surface area contributed by atoms with Gasteiger partial charge in [0.15, 0.2) is 5.96 Å². The van der Waals surface area contributed by atoms with Crippen LogP contribution in [0.5, 0.6) is 0 Å². The molecule has 1 aromatic carbocycles. The number of carbonyl (C=O) groups is 1. The third-order valence-electron chi connectivity index (χ3n) is 3.36. The molecule has 0 radical (unpaired) electrons. The van der Waals surface area contributed by atoms with Crippen molar-refractivity contribution < 1.29 is 4.79 Å². The molecule has 2 aromatic rings. The quantitative estimate of drug-likeness (QED) is 0.347. The zero-order valence-electron chi connectivity index (χ0n) is 14.2. The zero-order valence-corrected chi connectivity index (χ0v) is 16.6. The van der Waals surface area contributed by atoms with E-state index < -0.39 is 0 Å². The number of nitrogens with zero attached hydrogens (tertiary/aromatic N) is 1. The van der Waals surface area contributed by atoms with Gasteiger partial charge >= 0.3 is 0 Å². The molecule has 0 aliphatic carbocycles. The van der Waals surface area contributed by atoms with Crippen molar-refractivity contribution in [3.8, 4) is 0 Å². The Morgan fingerprint density at radius 2 is 1.88 bits per heavy atom. The van der Waals surface area contributed by atoms with Crippen LogP contribution in [-0.2, 0) is 6.54 Å². The zero-order chi connectivity index (χ0) is 17.9. The van der Waals surface area contributed by atoms with Crippen molar-refractivity contribution in [2.45, 2.75) is 19.9 Å². The molecule has 0 spiro atoms. The van der Waals surface area contributed by atoms with Crippen molar-refractivity contribution in [3.63, 3.8) is 0 Å². The van der Waals surface area contributed by atoms with Gasteiger partial charge in [0, 0.05) is 34.5 Å². The maximum atomic E-state index is 12.0. The molecule has 0 unspecified atom stereocenters. The van der Waals surface area contributed by atoms with E-state index in [0.29, 0.717) is 18.7 Å². The molecular weight excluding hydrogens is 400 g/mol. The molecule has 0 saturated heterocycles. The van der Waals surface area contributed by atoms with E-state index in [2.05, 4.69) is 48.3 Å². The van der Waals surface area contributed by atoms with E-state index in [9.17, 15) is 4.79 Å². The average molecular weight is 423 g/mol. The number of rotatable bonds is 8. The van der Waals surface area contributed by atoms with Gasteiger partial charge in [-0.3, -0.25) is 4.79 Å². The Kier molecular flexibility index (Phi) is 8.48. The highest BCUT2D eigenvalue weighted by atomic mass is 79.9. The molecule has 0 bridgehead atoms. The summed E-state index contributed by atoms with van der Waals surface area (Å²) >= 11 is 5.07. The van der Waals surface area contributed by atoms with Crippen LogP contribution in [0.4, 0.5) is 0 Å². The summed E-state index contributed by atoms with van der Waals surface area (Å²) < 4.78 is 0.964. The number of guanidine groups is 1. The molecule has 0 saturated carbocycles. The number of amides is 1. The first-order chi connectivity index (χ1) is 12.2. The Morgan fingerprint density at radius 3 is 2.56 bits per heavy atom.